The predicted molar refractivity (Wildman–Crippen MR) is 95.0 cm³/mol. The molecule has 0 bridgehead atoms. The Morgan fingerprint density at radius 1 is 1.32 bits per heavy atom. The van der Waals surface area contributed by atoms with Gasteiger partial charge in [-0.2, -0.15) is 0 Å². The van der Waals surface area contributed by atoms with Gasteiger partial charge in [0.15, 0.2) is 0 Å². The number of hydrogen-bond donors (Lipinski definition) is 2. The van der Waals surface area contributed by atoms with Crippen molar-refractivity contribution in [1.29, 1.82) is 0 Å². The van der Waals surface area contributed by atoms with Crippen LogP contribution in [0.2, 0.25) is 0 Å². The van der Waals surface area contributed by atoms with Crippen molar-refractivity contribution < 1.29 is 9.72 Å². The van der Waals surface area contributed by atoms with Crippen molar-refractivity contribution in [2.45, 2.75) is 39.7 Å². The molecule has 1 aromatic carbocycles. The molecule has 7 nitrogen and oxygen atoms in total. The third kappa shape index (κ3) is 3.45. The van der Waals surface area contributed by atoms with E-state index in [0.29, 0.717) is 5.56 Å². The maximum atomic E-state index is 11.4. The molecule has 1 aliphatic carbocycles. The fraction of sp³-hybridized carbons (Fsp3) is 0.333. The summed E-state index contributed by atoms with van der Waals surface area (Å²) in [5.41, 5.74) is 4.27. The molecule has 1 aromatic heterocycles. The normalized spacial score (nSPS) is 15.6. The van der Waals surface area contributed by atoms with E-state index in [4.69, 9.17) is 0 Å². The lowest BCUT2D eigenvalue weighted by Crippen LogP contribution is -2.24. The molecule has 2 N–H and O–H groups in total. The van der Waals surface area contributed by atoms with Gasteiger partial charge in [-0.05, 0) is 56.0 Å². The number of amides is 1. The van der Waals surface area contributed by atoms with Crippen LogP contribution in [0.25, 0.3) is 0 Å². The van der Waals surface area contributed by atoms with Crippen molar-refractivity contribution in [2.75, 3.05) is 5.32 Å². The number of nitrogens with one attached hydrogen (secondary N) is 2. The zero-order chi connectivity index (χ0) is 18.1. The Morgan fingerprint density at radius 3 is 2.76 bits per heavy atom. The molecule has 2 aromatic rings. The van der Waals surface area contributed by atoms with E-state index >= 15 is 0 Å². The molecule has 3 rings (SSSR count). The first-order valence-corrected chi connectivity index (χ1v) is 8.14. The van der Waals surface area contributed by atoms with E-state index in [2.05, 4.69) is 15.6 Å². The summed E-state index contributed by atoms with van der Waals surface area (Å²) in [6, 6.07) is 7.53. The van der Waals surface area contributed by atoms with Gasteiger partial charge in [-0.1, -0.05) is 6.07 Å². The lowest BCUT2D eigenvalue weighted by Gasteiger charge is -2.14. The highest BCUT2D eigenvalue weighted by molar-refractivity contribution is 5.74. The topological polar surface area (TPSA) is 97.2 Å². The van der Waals surface area contributed by atoms with Gasteiger partial charge in [-0.25, -0.2) is 4.98 Å². The second-order valence-electron chi connectivity index (χ2n) is 6.37. The number of nitrogens with zero attached hydrogens (tertiary/aromatic N) is 2. The fourth-order valence-corrected chi connectivity index (χ4v) is 3.37. The van der Waals surface area contributed by atoms with E-state index in [0.717, 1.165) is 35.3 Å². The van der Waals surface area contributed by atoms with Crippen LogP contribution in [-0.4, -0.2) is 15.8 Å². The van der Waals surface area contributed by atoms with E-state index in [9.17, 15) is 14.9 Å². The van der Waals surface area contributed by atoms with Crippen molar-refractivity contribution in [3.8, 4) is 0 Å². The van der Waals surface area contributed by atoms with Crippen molar-refractivity contribution in [3.63, 3.8) is 0 Å². The Hall–Kier alpha value is -2.96. The van der Waals surface area contributed by atoms with Crippen molar-refractivity contribution in [1.82, 2.24) is 10.3 Å². The molecule has 0 saturated carbocycles. The van der Waals surface area contributed by atoms with E-state index < -0.39 is 4.92 Å². The number of rotatable bonds is 4. The number of aromatic nitrogens is 1. The van der Waals surface area contributed by atoms with Gasteiger partial charge >= 0.3 is 5.69 Å². The number of nitro groups is 1. The second-order valence-corrected chi connectivity index (χ2v) is 6.37. The molecule has 0 aliphatic heterocycles. The molecule has 0 unspecified atom stereocenters. The minimum Gasteiger partial charge on any atom is -0.350 e. The zero-order valence-corrected chi connectivity index (χ0v) is 14.4. The predicted octanol–water partition coefficient (Wildman–Crippen LogP) is 3.47. The number of carbonyl (C=O) groups is 1. The minimum absolute atomic E-state index is 0.0118. The van der Waals surface area contributed by atoms with Crippen molar-refractivity contribution >= 4 is 23.1 Å². The van der Waals surface area contributed by atoms with Crippen molar-refractivity contribution in [2.24, 2.45) is 0 Å². The summed E-state index contributed by atoms with van der Waals surface area (Å²) >= 11 is 0. The maximum absolute atomic E-state index is 11.4. The standard InChI is InChI=1S/C18H20N4O3/c1-10-8-11(2)19-18(17(10)22(24)25)21-14-5-6-15-13(9-14)4-7-16(15)20-12(3)23/h5-6,8-9,16H,4,7H2,1-3H3,(H,19,21)(H,20,23)/t16-/m0/s1. The number of benzene rings is 1. The van der Waals surface area contributed by atoms with Crippen LogP contribution in [0.3, 0.4) is 0 Å². The average molecular weight is 340 g/mol. The van der Waals surface area contributed by atoms with Crippen LogP contribution in [0.1, 0.15) is 41.8 Å². The number of hydrogen-bond acceptors (Lipinski definition) is 5. The van der Waals surface area contributed by atoms with Gasteiger partial charge in [0, 0.05) is 23.9 Å². The maximum Gasteiger partial charge on any atom is 0.314 e. The zero-order valence-electron chi connectivity index (χ0n) is 14.4. The van der Waals surface area contributed by atoms with Crippen LogP contribution in [-0.2, 0) is 11.2 Å². The summed E-state index contributed by atoms with van der Waals surface area (Å²) in [7, 11) is 0. The first kappa shape index (κ1) is 16.9. The van der Waals surface area contributed by atoms with Gasteiger partial charge in [-0.15, -0.1) is 0 Å². The Labute approximate surface area is 145 Å². The molecule has 7 heteroatoms. The number of anilines is 2. The van der Waals surface area contributed by atoms with Crippen LogP contribution in [0.5, 0.6) is 0 Å². The van der Waals surface area contributed by atoms with E-state index in [-0.39, 0.29) is 23.5 Å². The van der Waals surface area contributed by atoms with E-state index in [1.54, 1.807) is 13.0 Å². The minimum atomic E-state index is -0.412. The number of pyridine rings is 1. The van der Waals surface area contributed by atoms with Crippen LogP contribution < -0.4 is 10.6 Å². The Bertz CT molecular complexity index is 864. The molecular weight excluding hydrogens is 320 g/mol. The summed E-state index contributed by atoms with van der Waals surface area (Å²) in [5, 5.41) is 17.4. The average Bonchev–Trinajstić information content (AvgIpc) is 2.87. The highest BCUT2D eigenvalue weighted by Crippen LogP contribution is 2.35. The second kappa shape index (κ2) is 6.51. The molecule has 25 heavy (non-hydrogen) atoms. The fourth-order valence-electron chi connectivity index (χ4n) is 3.37. The third-order valence-electron chi connectivity index (χ3n) is 4.35. The Morgan fingerprint density at radius 2 is 2.08 bits per heavy atom. The smallest absolute Gasteiger partial charge is 0.314 e. The van der Waals surface area contributed by atoms with E-state index in [1.165, 1.54) is 6.92 Å². The van der Waals surface area contributed by atoms with Gasteiger partial charge in [0.25, 0.3) is 0 Å². The van der Waals surface area contributed by atoms with Crippen LogP contribution in [0.15, 0.2) is 24.3 Å². The van der Waals surface area contributed by atoms with Gasteiger partial charge in [-0.3, -0.25) is 14.9 Å². The highest BCUT2D eigenvalue weighted by atomic mass is 16.6. The summed E-state index contributed by atoms with van der Waals surface area (Å²) in [4.78, 5) is 26.5. The molecule has 1 atom stereocenters. The molecule has 130 valence electrons. The quantitative estimate of drug-likeness (QED) is 0.656. The molecule has 1 heterocycles. The molecule has 1 aliphatic rings. The largest absolute Gasteiger partial charge is 0.350 e. The number of carbonyl (C=O) groups excluding carboxylic acids is 1. The molecular formula is C18H20N4O3. The highest BCUT2D eigenvalue weighted by Gasteiger charge is 2.24. The summed E-state index contributed by atoms with van der Waals surface area (Å²) in [6.45, 7) is 5.03. The van der Waals surface area contributed by atoms with Gasteiger partial charge in [0.05, 0.1) is 11.0 Å². The molecule has 0 saturated heterocycles. The first-order chi connectivity index (χ1) is 11.8. The van der Waals surface area contributed by atoms with E-state index in [1.807, 2.05) is 25.1 Å². The lowest BCUT2D eigenvalue weighted by atomic mass is 10.1. The Balaban J connectivity index is 1.91. The SMILES string of the molecule is CC(=O)N[C@H]1CCc2cc(Nc3nc(C)cc(C)c3[N+](=O)[O-])ccc21. The monoisotopic (exact) mass is 340 g/mol. The molecule has 1 amide bonds. The van der Waals surface area contributed by atoms with Crippen LogP contribution in [0.4, 0.5) is 17.2 Å². The number of aryl methyl sites for hydroxylation is 3. The number of fused-ring (bicyclic) bond motifs is 1. The summed E-state index contributed by atoms with van der Waals surface area (Å²) in [5.74, 6) is 0.203. The third-order valence-corrected chi connectivity index (χ3v) is 4.35. The summed E-state index contributed by atoms with van der Waals surface area (Å²) in [6.07, 6.45) is 1.72. The van der Waals surface area contributed by atoms with Crippen molar-refractivity contribution in [3.05, 3.63) is 56.8 Å². The summed E-state index contributed by atoms with van der Waals surface area (Å²) < 4.78 is 0. The van der Waals surface area contributed by atoms with Gasteiger partial charge in [0.2, 0.25) is 11.7 Å². The lowest BCUT2D eigenvalue weighted by molar-refractivity contribution is -0.384. The van der Waals surface area contributed by atoms with Gasteiger partial charge in [0.1, 0.15) is 0 Å². The van der Waals surface area contributed by atoms with Crippen LogP contribution in [0, 0.1) is 24.0 Å². The van der Waals surface area contributed by atoms with Crippen LogP contribution >= 0.6 is 0 Å². The first-order valence-electron chi connectivity index (χ1n) is 8.14. The molecule has 0 fully saturated rings. The Kier molecular flexibility index (Phi) is 4.39. The molecule has 0 radical (unpaired) electrons. The molecule has 0 spiro atoms. The van der Waals surface area contributed by atoms with Gasteiger partial charge < -0.3 is 10.6 Å².